The number of amides is 1. The Balaban J connectivity index is 0. The molecule has 0 rings (SSSR count). The molecule has 0 bridgehead atoms. The SMILES string of the molecule is NC=O.[Nd]. The van der Waals surface area contributed by atoms with E-state index in [0.29, 0.717) is 0 Å². The third-order valence-electron chi connectivity index (χ3n) is 0. The van der Waals surface area contributed by atoms with Gasteiger partial charge in [-0.15, -0.1) is 0 Å². The van der Waals surface area contributed by atoms with Crippen molar-refractivity contribution in [1.29, 1.82) is 0 Å². The summed E-state index contributed by atoms with van der Waals surface area (Å²) in [6, 6.07) is 0. The molecule has 0 aromatic heterocycles. The zero-order valence-corrected chi connectivity index (χ0v) is 5.27. The minimum absolute atomic E-state index is 0. The molecule has 1 amide bonds. The van der Waals surface area contributed by atoms with Crippen molar-refractivity contribution in [1.82, 2.24) is 0 Å². The molecule has 0 atom stereocenters. The van der Waals surface area contributed by atoms with Gasteiger partial charge in [-0.05, 0) is 0 Å². The van der Waals surface area contributed by atoms with Gasteiger partial charge >= 0.3 is 0 Å². The van der Waals surface area contributed by atoms with Gasteiger partial charge in [0, 0.05) is 40.8 Å². The summed E-state index contributed by atoms with van der Waals surface area (Å²) >= 11 is 0. The molecule has 0 fully saturated rings. The summed E-state index contributed by atoms with van der Waals surface area (Å²) in [7, 11) is 0. The summed E-state index contributed by atoms with van der Waals surface area (Å²) in [6.45, 7) is 0. The predicted octanol–water partition coefficient (Wildman–Crippen LogP) is -0.899. The number of rotatable bonds is 0. The molecule has 0 saturated carbocycles. The van der Waals surface area contributed by atoms with Crippen molar-refractivity contribution in [3.8, 4) is 0 Å². The fourth-order valence-corrected chi connectivity index (χ4v) is 0. The Kier molecular flexibility index (Phi) is 20.3. The molecule has 0 aliphatic heterocycles. The van der Waals surface area contributed by atoms with Gasteiger partial charge in [-0.2, -0.15) is 0 Å². The summed E-state index contributed by atoms with van der Waals surface area (Å²) < 4.78 is 0. The smallest absolute Gasteiger partial charge is 0.204 e. The number of hydrogen-bond acceptors (Lipinski definition) is 1. The zero-order chi connectivity index (χ0) is 2.71. The van der Waals surface area contributed by atoms with Crippen LogP contribution in [0.15, 0.2) is 0 Å². The molecule has 0 saturated heterocycles. The first kappa shape index (κ1) is 8.84. The topological polar surface area (TPSA) is 43.1 Å². The van der Waals surface area contributed by atoms with Gasteiger partial charge in [0.25, 0.3) is 0 Å². The van der Waals surface area contributed by atoms with Crippen LogP contribution in [0.1, 0.15) is 0 Å². The number of nitrogens with two attached hydrogens (primary N) is 1. The van der Waals surface area contributed by atoms with E-state index in [4.69, 9.17) is 4.79 Å². The van der Waals surface area contributed by atoms with E-state index in [9.17, 15) is 0 Å². The summed E-state index contributed by atoms with van der Waals surface area (Å²) in [5.74, 6) is 0. The van der Waals surface area contributed by atoms with Crippen molar-refractivity contribution >= 4 is 6.41 Å². The van der Waals surface area contributed by atoms with Crippen LogP contribution in [0.5, 0.6) is 0 Å². The monoisotopic (exact) mass is 187 g/mol. The van der Waals surface area contributed by atoms with E-state index < -0.39 is 0 Å². The molecule has 22 valence electrons. The van der Waals surface area contributed by atoms with Crippen molar-refractivity contribution < 1.29 is 45.6 Å². The molecular formula is CH3NNdO. The van der Waals surface area contributed by atoms with Crippen LogP contribution in [0.25, 0.3) is 0 Å². The molecular weight excluding hydrogens is 186 g/mol. The average Bonchev–Trinajstić information content (AvgIpc) is 0.918. The maximum absolute atomic E-state index is 8.58. The molecule has 2 N–H and O–H groups in total. The van der Waals surface area contributed by atoms with Gasteiger partial charge in [0.2, 0.25) is 6.41 Å². The van der Waals surface area contributed by atoms with E-state index in [2.05, 4.69) is 5.73 Å². The third-order valence-corrected chi connectivity index (χ3v) is 0. The van der Waals surface area contributed by atoms with Crippen LogP contribution in [0.4, 0.5) is 0 Å². The van der Waals surface area contributed by atoms with Crippen LogP contribution in [-0.4, -0.2) is 6.41 Å². The Morgan fingerprint density at radius 3 is 1.75 bits per heavy atom. The Bertz CT molecular complexity index is 15.5. The third kappa shape index (κ3) is 13.9. The van der Waals surface area contributed by atoms with Crippen LogP contribution in [0, 0.1) is 40.8 Å². The molecule has 0 heterocycles. The number of primary amides is 1. The Labute approximate surface area is 57.3 Å². The van der Waals surface area contributed by atoms with Crippen molar-refractivity contribution in [2.24, 2.45) is 5.73 Å². The molecule has 0 aliphatic carbocycles. The van der Waals surface area contributed by atoms with E-state index in [1.54, 1.807) is 0 Å². The van der Waals surface area contributed by atoms with Gasteiger partial charge in [0.1, 0.15) is 0 Å². The van der Waals surface area contributed by atoms with Crippen LogP contribution in [-0.2, 0) is 4.79 Å². The molecule has 0 unspecified atom stereocenters. The first-order valence-corrected chi connectivity index (χ1v) is 0.569. The quantitative estimate of drug-likeness (QED) is 0.493. The fourth-order valence-electron chi connectivity index (χ4n) is 0. The first-order chi connectivity index (χ1) is 1.41. The van der Waals surface area contributed by atoms with Crippen LogP contribution >= 0.6 is 0 Å². The van der Waals surface area contributed by atoms with Crippen molar-refractivity contribution in [3.05, 3.63) is 0 Å². The normalized spacial score (nSPS) is 3.00. The van der Waals surface area contributed by atoms with Crippen molar-refractivity contribution in [2.45, 2.75) is 0 Å². The Morgan fingerprint density at radius 2 is 1.75 bits per heavy atom. The summed E-state index contributed by atoms with van der Waals surface area (Å²) in [5.41, 5.74) is 4.17. The van der Waals surface area contributed by atoms with Gasteiger partial charge in [0.05, 0.1) is 0 Å². The van der Waals surface area contributed by atoms with Crippen LogP contribution < -0.4 is 5.73 Å². The summed E-state index contributed by atoms with van der Waals surface area (Å²) in [5, 5.41) is 0. The minimum atomic E-state index is 0. The number of hydrogen-bond donors (Lipinski definition) is 1. The Hall–Kier alpha value is 0.821. The fraction of sp³-hybridized carbons (Fsp3) is 0. The van der Waals surface area contributed by atoms with Crippen molar-refractivity contribution in [2.75, 3.05) is 0 Å². The molecule has 0 radical (unpaired) electrons. The summed E-state index contributed by atoms with van der Waals surface area (Å²) in [6.07, 6.45) is 0.250. The van der Waals surface area contributed by atoms with Gasteiger partial charge in [0.15, 0.2) is 0 Å². The molecule has 0 aliphatic rings. The van der Waals surface area contributed by atoms with E-state index in [1.807, 2.05) is 0 Å². The molecule has 0 aromatic rings. The second-order valence-corrected chi connectivity index (χ2v) is 0.136. The second-order valence-electron chi connectivity index (χ2n) is 0.136. The molecule has 2 nitrogen and oxygen atoms in total. The van der Waals surface area contributed by atoms with Gasteiger partial charge in [-0.1, -0.05) is 0 Å². The molecule has 0 aromatic carbocycles. The van der Waals surface area contributed by atoms with Crippen LogP contribution in [0.2, 0.25) is 0 Å². The van der Waals surface area contributed by atoms with E-state index >= 15 is 0 Å². The number of carbonyl (C=O) groups excluding carboxylic acids is 1. The van der Waals surface area contributed by atoms with Crippen LogP contribution in [0.3, 0.4) is 0 Å². The van der Waals surface area contributed by atoms with E-state index in [1.165, 1.54) is 0 Å². The van der Waals surface area contributed by atoms with E-state index in [0.717, 1.165) is 0 Å². The van der Waals surface area contributed by atoms with Gasteiger partial charge in [-0.25, -0.2) is 0 Å². The van der Waals surface area contributed by atoms with Gasteiger partial charge in [-0.3, -0.25) is 4.79 Å². The summed E-state index contributed by atoms with van der Waals surface area (Å²) in [4.78, 5) is 8.58. The second kappa shape index (κ2) is 9.17. The van der Waals surface area contributed by atoms with E-state index in [-0.39, 0.29) is 47.2 Å². The maximum Gasteiger partial charge on any atom is 0.204 e. The van der Waals surface area contributed by atoms with Crippen molar-refractivity contribution in [3.63, 3.8) is 0 Å². The number of carbonyl (C=O) groups is 1. The molecule has 0 spiro atoms. The largest absolute Gasteiger partial charge is 0.372 e. The molecule has 4 heavy (non-hydrogen) atoms. The predicted molar refractivity (Wildman–Crippen MR) is 10.3 cm³/mol. The first-order valence-electron chi connectivity index (χ1n) is 0.569. The zero-order valence-electron chi connectivity index (χ0n) is 2.06. The standard InChI is InChI=1S/CH3NO.Nd/c2-1-3;/h1H,(H2,2,3);. The van der Waals surface area contributed by atoms with Gasteiger partial charge < -0.3 is 5.73 Å². The molecule has 3 heteroatoms. The maximum atomic E-state index is 8.58. The average molecular weight is 189 g/mol. The Morgan fingerprint density at radius 1 is 1.75 bits per heavy atom. The minimum Gasteiger partial charge on any atom is -0.372 e.